The highest BCUT2D eigenvalue weighted by Gasteiger charge is 2.35. The molecule has 0 bridgehead atoms. The maximum Gasteiger partial charge on any atom is 0.0457 e. The van der Waals surface area contributed by atoms with Crippen LogP contribution in [0.15, 0.2) is 24.3 Å². The molecule has 0 amide bonds. The SMILES string of the molecule is CC(C)Cc1cccc(C2(C(C)C)CCCCCN2)c1. The highest BCUT2D eigenvalue weighted by molar-refractivity contribution is 5.31. The van der Waals surface area contributed by atoms with Gasteiger partial charge in [-0.3, -0.25) is 0 Å². The molecule has 1 heterocycles. The highest BCUT2D eigenvalue weighted by atomic mass is 15.0. The summed E-state index contributed by atoms with van der Waals surface area (Å²) in [4.78, 5) is 0. The molecule has 1 saturated heterocycles. The molecule has 1 aliphatic heterocycles. The lowest BCUT2D eigenvalue weighted by molar-refractivity contribution is 0.230. The van der Waals surface area contributed by atoms with E-state index in [0.29, 0.717) is 5.92 Å². The van der Waals surface area contributed by atoms with E-state index in [9.17, 15) is 0 Å². The van der Waals surface area contributed by atoms with E-state index in [-0.39, 0.29) is 5.54 Å². The van der Waals surface area contributed by atoms with E-state index >= 15 is 0 Å². The van der Waals surface area contributed by atoms with Gasteiger partial charge in [0, 0.05) is 5.54 Å². The molecule has 0 aliphatic carbocycles. The van der Waals surface area contributed by atoms with Crippen LogP contribution >= 0.6 is 0 Å². The van der Waals surface area contributed by atoms with Crippen LogP contribution in [0.25, 0.3) is 0 Å². The Morgan fingerprint density at radius 1 is 1.10 bits per heavy atom. The molecule has 1 aromatic rings. The molecule has 1 atom stereocenters. The normalized spacial score (nSPS) is 24.1. The first-order valence-electron chi connectivity index (χ1n) is 8.39. The molecular formula is C19H31N. The molecule has 1 aromatic carbocycles. The fourth-order valence-electron chi connectivity index (χ4n) is 3.63. The molecule has 1 N–H and O–H groups in total. The standard InChI is InChI=1S/C19H31N/c1-15(2)13-17-9-8-10-18(14-17)19(16(3)4)11-6-5-7-12-20-19/h8-10,14-16,20H,5-7,11-13H2,1-4H3. The zero-order valence-corrected chi connectivity index (χ0v) is 13.7. The molecule has 1 aliphatic rings. The first-order chi connectivity index (χ1) is 9.54. The zero-order valence-electron chi connectivity index (χ0n) is 13.7. The molecule has 112 valence electrons. The maximum absolute atomic E-state index is 3.89. The summed E-state index contributed by atoms with van der Waals surface area (Å²) < 4.78 is 0. The molecule has 0 aromatic heterocycles. The van der Waals surface area contributed by atoms with E-state index in [0.717, 1.165) is 12.5 Å². The van der Waals surface area contributed by atoms with Gasteiger partial charge in [0.05, 0.1) is 0 Å². The molecule has 1 fully saturated rings. The summed E-state index contributed by atoms with van der Waals surface area (Å²) in [6, 6.07) is 9.33. The largest absolute Gasteiger partial charge is 0.307 e. The van der Waals surface area contributed by atoms with Crippen molar-refractivity contribution in [1.82, 2.24) is 5.32 Å². The van der Waals surface area contributed by atoms with E-state index < -0.39 is 0 Å². The third-order valence-electron chi connectivity index (χ3n) is 4.76. The number of hydrogen-bond acceptors (Lipinski definition) is 1. The van der Waals surface area contributed by atoms with Crippen molar-refractivity contribution >= 4 is 0 Å². The summed E-state index contributed by atoms with van der Waals surface area (Å²) in [6.07, 6.45) is 6.49. The summed E-state index contributed by atoms with van der Waals surface area (Å²) in [6.45, 7) is 10.5. The Kier molecular flexibility index (Phi) is 5.26. The molecule has 1 nitrogen and oxygen atoms in total. The van der Waals surface area contributed by atoms with E-state index in [2.05, 4.69) is 57.3 Å². The maximum atomic E-state index is 3.89. The van der Waals surface area contributed by atoms with E-state index in [1.807, 2.05) is 0 Å². The van der Waals surface area contributed by atoms with Crippen LogP contribution in [0, 0.1) is 11.8 Å². The first kappa shape index (κ1) is 15.6. The molecule has 1 unspecified atom stereocenters. The average Bonchev–Trinajstić information content (AvgIpc) is 2.64. The quantitative estimate of drug-likeness (QED) is 0.822. The summed E-state index contributed by atoms with van der Waals surface area (Å²) >= 11 is 0. The Labute approximate surface area is 125 Å². The van der Waals surface area contributed by atoms with Gasteiger partial charge in [0.2, 0.25) is 0 Å². The monoisotopic (exact) mass is 273 g/mol. The van der Waals surface area contributed by atoms with Gasteiger partial charge in [0.15, 0.2) is 0 Å². The lowest BCUT2D eigenvalue weighted by atomic mass is 9.76. The summed E-state index contributed by atoms with van der Waals surface area (Å²) in [5, 5.41) is 3.89. The second-order valence-electron chi connectivity index (χ2n) is 7.16. The van der Waals surface area contributed by atoms with E-state index in [1.54, 1.807) is 0 Å². The molecule has 2 rings (SSSR count). The Bertz CT molecular complexity index is 412. The summed E-state index contributed by atoms with van der Waals surface area (Å²) in [5.41, 5.74) is 3.18. The van der Waals surface area contributed by atoms with Crippen molar-refractivity contribution < 1.29 is 0 Å². The van der Waals surface area contributed by atoms with Gasteiger partial charge in [-0.2, -0.15) is 0 Å². The van der Waals surface area contributed by atoms with Gasteiger partial charge < -0.3 is 5.32 Å². The number of rotatable bonds is 4. The Morgan fingerprint density at radius 3 is 2.60 bits per heavy atom. The predicted octanol–water partition coefficient (Wildman–Crippen LogP) is 4.90. The second kappa shape index (κ2) is 6.76. The minimum Gasteiger partial charge on any atom is -0.307 e. The van der Waals surface area contributed by atoms with Crippen LogP contribution in [-0.4, -0.2) is 6.54 Å². The van der Waals surface area contributed by atoms with Gasteiger partial charge in [-0.15, -0.1) is 0 Å². The molecule has 1 heteroatoms. The molecule has 0 saturated carbocycles. The van der Waals surface area contributed by atoms with Gasteiger partial charge in [-0.05, 0) is 48.8 Å². The molecular weight excluding hydrogens is 242 g/mol. The van der Waals surface area contributed by atoms with Crippen LogP contribution in [0.2, 0.25) is 0 Å². The van der Waals surface area contributed by atoms with Gasteiger partial charge in [0.25, 0.3) is 0 Å². The third kappa shape index (κ3) is 3.44. The average molecular weight is 273 g/mol. The lowest BCUT2D eigenvalue weighted by Gasteiger charge is -2.39. The van der Waals surface area contributed by atoms with Crippen molar-refractivity contribution in [3.05, 3.63) is 35.4 Å². The smallest absolute Gasteiger partial charge is 0.0457 e. The van der Waals surface area contributed by atoms with Crippen molar-refractivity contribution in [2.75, 3.05) is 6.54 Å². The fraction of sp³-hybridized carbons (Fsp3) is 0.684. The van der Waals surface area contributed by atoms with E-state index in [1.165, 1.54) is 43.2 Å². The predicted molar refractivity (Wildman–Crippen MR) is 88.0 cm³/mol. The van der Waals surface area contributed by atoms with Gasteiger partial charge >= 0.3 is 0 Å². The first-order valence-corrected chi connectivity index (χ1v) is 8.39. The molecule has 0 radical (unpaired) electrons. The van der Waals surface area contributed by atoms with Gasteiger partial charge in [0.1, 0.15) is 0 Å². The third-order valence-corrected chi connectivity index (χ3v) is 4.76. The van der Waals surface area contributed by atoms with Crippen molar-refractivity contribution in [3.63, 3.8) is 0 Å². The van der Waals surface area contributed by atoms with Crippen LogP contribution in [0.1, 0.15) is 64.5 Å². The van der Waals surface area contributed by atoms with Crippen molar-refractivity contribution in [2.45, 2.75) is 65.3 Å². The van der Waals surface area contributed by atoms with Crippen molar-refractivity contribution in [3.8, 4) is 0 Å². The Balaban J connectivity index is 2.33. The van der Waals surface area contributed by atoms with Gasteiger partial charge in [-0.1, -0.05) is 64.8 Å². The van der Waals surface area contributed by atoms with Crippen molar-refractivity contribution in [1.29, 1.82) is 0 Å². The summed E-state index contributed by atoms with van der Waals surface area (Å²) in [7, 11) is 0. The Morgan fingerprint density at radius 2 is 1.90 bits per heavy atom. The van der Waals surface area contributed by atoms with E-state index in [4.69, 9.17) is 0 Å². The second-order valence-corrected chi connectivity index (χ2v) is 7.16. The topological polar surface area (TPSA) is 12.0 Å². The minimum atomic E-state index is 0.184. The number of nitrogens with one attached hydrogen (secondary N) is 1. The number of hydrogen-bond donors (Lipinski definition) is 1. The fourth-order valence-corrected chi connectivity index (χ4v) is 3.63. The van der Waals surface area contributed by atoms with Crippen LogP contribution in [0.5, 0.6) is 0 Å². The zero-order chi connectivity index (χ0) is 14.6. The summed E-state index contributed by atoms with van der Waals surface area (Å²) in [5.74, 6) is 1.36. The Hall–Kier alpha value is -0.820. The number of benzene rings is 1. The van der Waals surface area contributed by atoms with Gasteiger partial charge in [-0.25, -0.2) is 0 Å². The highest BCUT2D eigenvalue weighted by Crippen LogP contribution is 2.37. The molecule has 20 heavy (non-hydrogen) atoms. The van der Waals surface area contributed by atoms with Crippen LogP contribution in [-0.2, 0) is 12.0 Å². The minimum absolute atomic E-state index is 0.184. The van der Waals surface area contributed by atoms with Crippen molar-refractivity contribution in [2.24, 2.45) is 11.8 Å². The van der Waals surface area contributed by atoms with Crippen LogP contribution < -0.4 is 5.32 Å². The lowest BCUT2D eigenvalue weighted by Crippen LogP contribution is -2.46. The van der Waals surface area contributed by atoms with Crippen LogP contribution in [0.3, 0.4) is 0 Å². The van der Waals surface area contributed by atoms with Crippen LogP contribution in [0.4, 0.5) is 0 Å². The molecule has 0 spiro atoms.